The second-order valence-electron chi connectivity index (χ2n) is 3.98. The van der Waals surface area contributed by atoms with Crippen molar-refractivity contribution in [3.05, 3.63) is 11.1 Å². The van der Waals surface area contributed by atoms with Gasteiger partial charge >= 0.3 is 0 Å². The average Bonchev–Trinajstić information content (AvgIpc) is 1.78. The molecule has 3 rings (SSSR count). The molecule has 0 N–H and O–H groups in total. The summed E-state index contributed by atoms with van der Waals surface area (Å²) in [4.78, 5) is 23.2. The Hall–Kier alpha value is -0.920. The second kappa shape index (κ2) is 1.87. The summed E-state index contributed by atoms with van der Waals surface area (Å²) in [5, 5.41) is 0. The minimum atomic E-state index is 0.0940. The first-order valence-corrected chi connectivity index (χ1v) is 4.59. The Morgan fingerprint density at radius 3 is 1.50 bits per heavy atom. The number of ketones is 2. The van der Waals surface area contributed by atoms with Crippen LogP contribution in [0.3, 0.4) is 0 Å². The largest absolute Gasteiger partial charge is 0.294 e. The van der Waals surface area contributed by atoms with Crippen LogP contribution in [0.2, 0.25) is 0 Å². The highest BCUT2D eigenvalue weighted by Gasteiger charge is 2.49. The van der Waals surface area contributed by atoms with Crippen molar-refractivity contribution in [1.82, 2.24) is 0 Å². The highest BCUT2D eigenvalue weighted by molar-refractivity contribution is 6.16. The van der Waals surface area contributed by atoms with Crippen LogP contribution in [-0.4, -0.2) is 11.6 Å². The van der Waals surface area contributed by atoms with Crippen molar-refractivity contribution >= 4 is 11.6 Å². The Morgan fingerprint density at radius 2 is 1.25 bits per heavy atom. The number of allylic oxidation sites excluding steroid dienone is 2. The molecule has 2 atom stereocenters. The molecule has 2 unspecified atom stereocenters. The molecule has 12 heavy (non-hydrogen) atoms. The van der Waals surface area contributed by atoms with Crippen LogP contribution < -0.4 is 0 Å². The van der Waals surface area contributed by atoms with Crippen LogP contribution in [0.1, 0.15) is 25.7 Å². The van der Waals surface area contributed by atoms with Crippen molar-refractivity contribution in [1.29, 1.82) is 0 Å². The standard InChI is InChI=1S/C10H10O2/c11-9-5-1-2-6(5)10(12)8-4-3-7(8)9/h5-6H,1-4H2. The molecule has 2 heteroatoms. The summed E-state index contributed by atoms with van der Waals surface area (Å²) in [5.74, 6) is 0.785. The number of fused-ring (bicyclic) bond motifs is 1. The molecular formula is C10H10O2. The lowest BCUT2D eigenvalue weighted by molar-refractivity contribution is -0.137. The highest BCUT2D eigenvalue weighted by atomic mass is 16.1. The van der Waals surface area contributed by atoms with E-state index in [2.05, 4.69) is 0 Å². The summed E-state index contributed by atoms with van der Waals surface area (Å²) in [6.45, 7) is 0. The van der Waals surface area contributed by atoms with Gasteiger partial charge in [0, 0.05) is 23.0 Å². The molecule has 0 amide bonds. The van der Waals surface area contributed by atoms with Gasteiger partial charge in [-0.2, -0.15) is 0 Å². The van der Waals surface area contributed by atoms with E-state index in [9.17, 15) is 9.59 Å². The Balaban J connectivity index is 2.11. The topological polar surface area (TPSA) is 34.1 Å². The fraction of sp³-hybridized carbons (Fsp3) is 0.600. The molecule has 0 radical (unpaired) electrons. The van der Waals surface area contributed by atoms with Gasteiger partial charge in [-0.05, 0) is 25.7 Å². The first-order valence-electron chi connectivity index (χ1n) is 4.59. The Kier molecular flexibility index (Phi) is 1.03. The van der Waals surface area contributed by atoms with E-state index in [1.165, 1.54) is 0 Å². The average molecular weight is 162 g/mol. The Morgan fingerprint density at radius 1 is 0.833 bits per heavy atom. The maximum absolute atomic E-state index is 11.6. The van der Waals surface area contributed by atoms with E-state index in [-0.39, 0.29) is 11.8 Å². The zero-order chi connectivity index (χ0) is 8.29. The van der Waals surface area contributed by atoms with Crippen molar-refractivity contribution in [3.8, 4) is 0 Å². The summed E-state index contributed by atoms with van der Waals surface area (Å²) >= 11 is 0. The van der Waals surface area contributed by atoms with E-state index in [0.717, 1.165) is 36.8 Å². The minimum Gasteiger partial charge on any atom is -0.294 e. The number of Topliss-reactive ketones (excluding diaryl/α,β-unsaturated/α-hetero) is 2. The number of carbonyl (C=O) groups is 2. The molecule has 1 saturated carbocycles. The van der Waals surface area contributed by atoms with Gasteiger partial charge in [-0.25, -0.2) is 0 Å². The molecule has 0 aliphatic heterocycles. The third kappa shape index (κ3) is 0.542. The summed E-state index contributed by atoms with van der Waals surface area (Å²) in [6.07, 6.45) is 3.63. The van der Waals surface area contributed by atoms with E-state index >= 15 is 0 Å². The molecule has 2 nitrogen and oxygen atoms in total. The van der Waals surface area contributed by atoms with E-state index in [1.54, 1.807) is 0 Å². The molecule has 0 heterocycles. The molecule has 0 bridgehead atoms. The van der Waals surface area contributed by atoms with Crippen LogP contribution in [0, 0.1) is 11.8 Å². The first kappa shape index (κ1) is 6.58. The van der Waals surface area contributed by atoms with Crippen LogP contribution in [-0.2, 0) is 9.59 Å². The quantitative estimate of drug-likeness (QED) is 0.537. The molecular weight excluding hydrogens is 152 g/mol. The first-order chi connectivity index (χ1) is 5.79. The molecule has 0 aromatic rings. The van der Waals surface area contributed by atoms with Crippen molar-refractivity contribution in [3.63, 3.8) is 0 Å². The summed E-state index contributed by atoms with van der Waals surface area (Å²) in [7, 11) is 0. The smallest absolute Gasteiger partial charge is 0.163 e. The van der Waals surface area contributed by atoms with Crippen LogP contribution in [0.5, 0.6) is 0 Å². The normalized spacial score (nSPS) is 38.3. The second-order valence-corrected chi connectivity index (χ2v) is 3.98. The number of hydrogen-bond acceptors (Lipinski definition) is 2. The zero-order valence-electron chi connectivity index (χ0n) is 6.80. The maximum Gasteiger partial charge on any atom is 0.163 e. The van der Waals surface area contributed by atoms with Crippen molar-refractivity contribution in [2.75, 3.05) is 0 Å². The van der Waals surface area contributed by atoms with Crippen molar-refractivity contribution in [2.24, 2.45) is 11.8 Å². The highest BCUT2D eigenvalue weighted by Crippen LogP contribution is 2.48. The number of rotatable bonds is 0. The van der Waals surface area contributed by atoms with Gasteiger partial charge in [0.05, 0.1) is 0 Å². The summed E-state index contributed by atoms with van der Waals surface area (Å²) in [6, 6.07) is 0. The van der Waals surface area contributed by atoms with Gasteiger partial charge in [-0.3, -0.25) is 9.59 Å². The van der Waals surface area contributed by atoms with Crippen LogP contribution in [0.4, 0.5) is 0 Å². The summed E-state index contributed by atoms with van der Waals surface area (Å²) in [5.41, 5.74) is 1.75. The lowest BCUT2D eigenvalue weighted by Crippen LogP contribution is -2.46. The van der Waals surface area contributed by atoms with Gasteiger partial charge in [-0.15, -0.1) is 0 Å². The fourth-order valence-electron chi connectivity index (χ4n) is 2.49. The minimum absolute atomic E-state index is 0.0940. The lowest BCUT2D eigenvalue weighted by atomic mass is 9.58. The third-order valence-corrected chi connectivity index (χ3v) is 3.53. The van der Waals surface area contributed by atoms with Crippen LogP contribution in [0.25, 0.3) is 0 Å². The van der Waals surface area contributed by atoms with Gasteiger partial charge < -0.3 is 0 Å². The number of carbonyl (C=O) groups excluding carboxylic acids is 2. The zero-order valence-corrected chi connectivity index (χ0v) is 6.80. The van der Waals surface area contributed by atoms with Crippen LogP contribution in [0.15, 0.2) is 11.1 Å². The van der Waals surface area contributed by atoms with Gasteiger partial charge in [0.25, 0.3) is 0 Å². The van der Waals surface area contributed by atoms with E-state index < -0.39 is 0 Å². The van der Waals surface area contributed by atoms with Gasteiger partial charge in [0.2, 0.25) is 0 Å². The van der Waals surface area contributed by atoms with Crippen LogP contribution >= 0.6 is 0 Å². The Labute approximate surface area is 70.6 Å². The fourth-order valence-corrected chi connectivity index (χ4v) is 2.49. The van der Waals surface area contributed by atoms with Crippen molar-refractivity contribution in [2.45, 2.75) is 25.7 Å². The third-order valence-electron chi connectivity index (χ3n) is 3.53. The Bertz CT molecular complexity index is 293. The molecule has 1 fully saturated rings. The van der Waals surface area contributed by atoms with Gasteiger partial charge in [0.1, 0.15) is 0 Å². The van der Waals surface area contributed by atoms with Gasteiger partial charge in [-0.1, -0.05) is 0 Å². The molecule has 0 spiro atoms. The molecule has 0 aromatic carbocycles. The van der Waals surface area contributed by atoms with E-state index in [0.29, 0.717) is 11.6 Å². The van der Waals surface area contributed by atoms with E-state index in [1.807, 2.05) is 0 Å². The van der Waals surface area contributed by atoms with Crippen molar-refractivity contribution < 1.29 is 9.59 Å². The lowest BCUT2D eigenvalue weighted by Gasteiger charge is -2.42. The number of hydrogen-bond donors (Lipinski definition) is 0. The van der Waals surface area contributed by atoms with Gasteiger partial charge in [0.15, 0.2) is 11.6 Å². The molecule has 62 valence electrons. The summed E-state index contributed by atoms with van der Waals surface area (Å²) < 4.78 is 0. The monoisotopic (exact) mass is 162 g/mol. The molecule has 0 aromatic heterocycles. The SMILES string of the molecule is O=C1C2=C(CC2)C(=O)C2CCC12. The molecule has 3 aliphatic carbocycles. The predicted molar refractivity (Wildman–Crippen MR) is 42.5 cm³/mol. The predicted octanol–water partition coefficient (Wildman–Crippen LogP) is 1.25. The molecule has 3 aliphatic rings. The maximum atomic E-state index is 11.6. The van der Waals surface area contributed by atoms with E-state index in [4.69, 9.17) is 0 Å². The molecule has 0 saturated heterocycles.